The number of hydrogen-bond donors (Lipinski definition) is 1. The molecule has 1 atom stereocenters. The van der Waals surface area contributed by atoms with Gasteiger partial charge in [0.05, 0.1) is 5.75 Å². The topological polar surface area (TPSA) is 75.8 Å². The first-order valence-electron chi connectivity index (χ1n) is 6.94. The number of rotatable bonds is 1. The number of nitrogens with two attached hydrogens (primary N) is 1. The minimum atomic E-state index is -3.61. The van der Waals surface area contributed by atoms with Crippen LogP contribution < -0.4 is 5.73 Å². The second kappa shape index (κ2) is 4.55. The summed E-state index contributed by atoms with van der Waals surface area (Å²) >= 11 is 0. The van der Waals surface area contributed by atoms with Crippen LogP contribution in [-0.2, 0) is 22.0 Å². The molecule has 22 heavy (non-hydrogen) atoms. The zero-order chi connectivity index (χ0) is 16.3. The molecule has 118 valence electrons. The van der Waals surface area contributed by atoms with Gasteiger partial charge in [0, 0.05) is 12.6 Å². The van der Waals surface area contributed by atoms with E-state index in [1.54, 1.807) is 13.0 Å². The van der Waals surface area contributed by atoms with Gasteiger partial charge in [-0.1, -0.05) is 11.6 Å². The van der Waals surface area contributed by atoms with Gasteiger partial charge in [-0.15, -0.1) is 0 Å². The molecule has 5 nitrogen and oxygen atoms in total. The fourth-order valence-electron chi connectivity index (χ4n) is 3.04. The smallest absolute Gasteiger partial charge is 0.239 e. The van der Waals surface area contributed by atoms with Crippen LogP contribution in [0.25, 0.3) is 6.08 Å². The van der Waals surface area contributed by atoms with Crippen LogP contribution in [-0.4, -0.2) is 31.5 Å². The number of allylic oxidation sites excluding steroid dienone is 1. The van der Waals surface area contributed by atoms with Crippen molar-refractivity contribution in [1.29, 1.82) is 0 Å². The molecule has 3 rings (SSSR count). The van der Waals surface area contributed by atoms with Crippen LogP contribution in [0.4, 0.5) is 4.39 Å². The van der Waals surface area contributed by atoms with E-state index in [1.165, 1.54) is 13.1 Å². The molecule has 0 amide bonds. The highest BCUT2D eigenvalue weighted by atomic mass is 32.2. The molecule has 0 aromatic heterocycles. The van der Waals surface area contributed by atoms with Crippen molar-refractivity contribution in [3.8, 4) is 0 Å². The highest BCUT2D eigenvalue weighted by Crippen LogP contribution is 2.36. The second-order valence-electron chi connectivity index (χ2n) is 6.17. The molecule has 0 spiro atoms. The van der Waals surface area contributed by atoms with Crippen LogP contribution in [0.3, 0.4) is 0 Å². The maximum Gasteiger partial charge on any atom is 0.239 e. The Balaban J connectivity index is 2.15. The largest absolute Gasteiger partial charge is 0.369 e. The molecule has 2 aliphatic rings. The van der Waals surface area contributed by atoms with Gasteiger partial charge in [0.1, 0.15) is 11.4 Å². The summed E-state index contributed by atoms with van der Waals surface area (Å²) in [5, 5.41) is 0. The molecular formula is C15H18FN3O2S. The lowest BCUT2D eigenvalue weighted by Gasteiger charge is -2.34. The van der Waals surface area contributed by atoms with Crippen LogP contribution in [0, 0.1) is 5.82 Å². The number of hydrogen-bond acceptors (Lipinski definition) is 4. The molecule has 2 N–H and O–H groups in total. The zero-order valence-corrected chi connectivity index (χ0v) is 13.5. The maximum atomic E-state index is 14.5. The van der Waals surface area contributed by atoms with Crippen molar-refractivity contribution in [1.82, 2.24) is 4.31 Å². The zero-order valence-electron chi connectivity index (χ0n) is 12.7. The molecule has 1 aromatic carbocycles. The third kappa shape index (κ3) is 2.20. The Morgan fingerprint density at radius 1 is 1.41 bits per heavy atom. The van der Waals surface area contributed by atoms with Crippen molar-refractivity contribution in [2.45, 2.75) is 25.8 Å². The molecule has 7 heteroatoms. The normalized spacial score (nSPS) is 26.5. The molecule has 1 aliphatic carbocycles. The van der Waals surface area contributed by atoms with Gasteiger partial charge in [0.2, 0.25) is 16.0 Å². The van der Waals surface area contributed by atoms with E-state index in [-0.39, 0.29) is 17.3 Å². The first-order valence-corrected chi connectivity index (χ1v) is 8.55. The van der Waals surface area contributed by atoms with Crippen LogP contribution >= 0.6 is 0 Å². The van der Waals surface area contributed by atoms with Gasteiger partial charge >= 0.3 is 0 Å². The quantitative estimate of drug-likeness (QED) is 0.853. The molecule has 1 aromatic rings. The third-order valence-electron chi connectivity index (χ3n) is 4.24. The molecule has 0 saturated heterocycles. The molecule has 1 heterocycles. The van der Waals surface area contributed by atoms with Gasteiger partial charge in [-0.05, 0) is 43.5 Å². The number of guanidine groups is 1. The minimum Gasteiger partial charge on any atom is -0.369 e. The molecular weight excluding hydrogens is 305 g/mol. The number of halogens is 1. The van der Waals surface area contributed by atoms with E-state index in [4.69, 9.17) is 5.73 Å². The fourth-order valence-corrected chi connectivity index (χ4v) is 4.49. The third-order valence-corrected chi connectivity index (χ3v) is 6.19. The summed E-state index contributed by atoms with van der Waals surface area (Å²) < 4.78 is 39.9. The van der Waals surface area contributed by atoms with Crippen molar-refractivity contribution < 1.29 is 12.8 Å². The Kier molecular flexibility index (Phi) is 3.11. The Bertz CT molecular complexity index is 829. The van der Waals surface area contributed by atoms with Gasteiger partial charge in [-0.3, -0.25) is 0 Å². The average Bonchev–Trinajstić information content (AvgIpc) is 2.73. The number of benzene rings is 1. The summed E-state index contributed by atoms with van der Waals surface area (Å²) in [5.41, 5.74) is 7.75. The average molecular weight is 323 g/mol. The van der Waals surface area contributed by atoms with Crippen LogP contribution in [0.2, 0.25) is 0 Å². The predicted octanol–water partition coefficient (Wildman–Crippen LogP) is 1.59. The molecule has 0 saturated carbocycles. The van der Waals surface area contributed by atoms with Crippen molar-refractivity contribution >= 4 is 22.1 Å². The van der Waals surface area contributed by atoms with E-state index in [1.807, 2.05) is 13.0 Å². The van der Waals surface area contributed by atoms with Gasteiger partial charge in [-0.25, -0.2) is 22.1 Å². The van der Waals surface area contributed by atoms with Gasteiger partial charge < -0.3 is 5.73 Å². The number of nitrogens with zero attached hydrogens (tertiary/aromatic N) is 2. The molecule has 0 fully saturated rings. The van der Waals surface area contributed by atoms with E-state index < -0.39 is 21.4 Å². The number of aliphatic imine (C=N–C) groups is 1. The van der Waals surface area contributed by atoms with Crippen molar-refractivity contribution in [3.05, 3.63) is 40.2 Å². The second-order valence-corrected chi connectivity index (χ2v) is 8.17. The lowest BCUT2D eigenvalue weighted by atomic mass is 9.91. The first-order chi connectivity index (χ1) is 10.1. The van der Waals surface area contributed by atoms with E-state index >= 15 is 0 Å². The van der Waals surface area contributed by atoms with Gasteiger partial charge in [0.25, 0.3) is 0 Å². The molecule has 0 unspecified atom stereocenters. The van der Waals surface area contributed by atoms with Crippen molar-refractivity contribution in [2.75, 3.05) is 12.8 Å². The summed E-state index contributed by atoms with van der Waals surface area (Å²) in [5.74, 6) is -0.884. The summed E-state index contributed by atoms with van der Waals surface area (Å²) in [4.78, 5) is 4.25. The maximum absolute atomic E-state index is 14.5. The first kappa shape index (κ1) is 15.0. The lowest BCUT2D eigenvalue weighted by Crippen LogP contribution is -2.50. The number of sulfonamides is 1. The summed E-state index contributed by atoms with van der Waals surface area (Å²) in [6.45, 7) is 3.58. The van der Waals surface area contributed by atoms with Crippen LogP contribution in [0.15, 0.2) is 22.7 Å². The number of fused-ring (bicyclic) bond motifs is 1. The van der Waals surface area contributed by atoms with Gasteiger partial charge in [0.15, 0.2) is 0 Å². The standard InChI is InChI=1S/C15H18FN3O2S/c1-9-4-10-6-12(13(16)7-11(10)5-9)15(2)8-22(20,21)19(3)14(17)18-15/h5-7H,4,8H2,1-3H3,(H2,17,18)/t15-/m0/s1. The fraction of sp³-hybridized carbons (Fsp3) is 0.400. The Morgan fingerprint density at radius 2 is 2.09 bits per heavy atom. The van der Waals surface area contributed by atoms with E-state index in [0.29, 0.717) is 0 Å². The Labute approximate surface area is 129 Å². The monoisotopic (exact) mass is 323 g/mol. The lowest BCUT2D eigenvalue weighted by molar-refractivity contribution is 0.457. The van der Waals surface area contributed by atoms with Gasteiger partial charge in [-0.2, -0.15) is 0 Å². The van der Waals surface area contributed by atoms with E-state index in [9.17, 15) is 12.8 Å². The van der Waals surface area contributed by atoms with E-state index in [2.05, 4.69) is 4.99 Å². The SMILES string of the molecule is CC1=Cc2cc(F)c([C@]3(C)CS(=O)(=O)N(C)C(N)=N3)cc2C1. The van der Waals surface area contributed by atoms with E-state index in [0.717, 1.165) is 27.4 Å². The minimum absolute atomic E-state index is 0.122. The van der Waals surface area contributed by atoms with Crippen molar-refractivity contribution in [3.63, 3.8) is 0 Å². The highest BCUT2D eigenvalue weighted by molar-refractivity contribution is 7.89. The predicted molar refractivity (Wildman–Crippen MR) is 84.3 cm³/mol. The molecule has 0 radical (unpaired) electrons. The Morgan fingerprint density at radius 3 is 2.73 bits per heavy atom. The van der Waals surface area contributed by atoms with Crippen LogP contribution in [0.1, 0.15) is 30.5 Å². The molecule has 0 bridgehead atoms. The Hall–Kier alpha value is -1.89. The summed E-state index contributed by atoms with van der Waals surface area (Å²) in [7, 11) is -2.26. The molecule has 1 aliphatic heterocycles. The van der Waals surface area contributed by atoms with Crippen molar-refractivity contribution in [2.24, 2.45) is 10.7 Å². The van der Waals surface area contributed by atoms with Crippen LogP contribution in [0.5, 0.6) is 0 Å². The summed E-state index contributed by atoms with van der Waals surface area (Å²) in [6.07, 6.45) is 2.68. The highest BCUT2D eigenvalue weighted by Gasteiger charge is 2.42. The summed E-state index contributed by atoms with van der Waals surface area (Å²) in [6, 6.07) is 3.17.